The number of hydrogen-bond acceptors (Lipinski definition) is 6. The largest absolute Gasteiger partial charge is 0.497 e. The molecule has 0 fully saturated rings. The molecule has 1 aromatic heterocycles. The Morgan fingerprint density at radius 3 is 2.68 bits per heavy atom. The number of ether oxygens (including phenoxy) is 1. The molecular weight excluding hydrogens is 340 g/mol. The van der Waals surface area contributed by atoms with Gasteiger partial charge in [0.2, 0.25) is 5.91 Å². The third-order valence-electron chi connectivity index (χ3n) is 3.43. The molecule has 130 valence electrons. The van der Waals surface area contributed by atoms with E-state index in [1.807, 2.05) is 13.0 Å². The predicted octanol–water partition coefficient (Wildman–Crippen LogP) is 2.33. The summed E-state index contributed by atoms with van der Waals surface area (Å²) in [5.41, 5.74) is 0.604. The molecule has 1 atom stereocenters. The number of benzene rings is 1. The number of carbonyl (C=O) groups is 1. The van der Waals surface area contributed by atoms with Crippen LogP contribution in [0.2, 0.25) is 0 Å². The number of carbonyl (C=O) groups excluding carboxylic acids is 1. The van der Waals surface area contributed by atoms with Crippen LogP contribution in [-0.4, -0.2) is 28.2 Å². The van der Waals surface area contributed by atoms with Crippen LogP contribution < -0.4 is 15.6 Å². The lowest BCUT2D eigenvalue weighted by molar-refractivity contribution is -0.115. The number of amides is 1. The third-order valence-corrected chi connectivity index (χ3v) is 4.42. The van der Waals surface area contributed by atoms with Gasteiger partial charge in [-0.25, -0.2) is 4.98 Å². The SMILES string of the molecule is CCc1nc(S[C@H](C)C(=O)Nc2ccc(OC)cc2)[nH]c(=O)c1C#N. The molecule has 7 nitrogen and oxygen atoms in total. The summed E-state index contributed by atoms with van der Waals surface area (Å²) < 4.78 is 5.07. The highest BCUT2D eigenvalue weighted by Gasteiger charge is 2.18. The van der Waals surface area contributed by atoms with Crippen molar-refractivity contribution in [3.05, 3.63) is 45.9 Å². The quantitative estimate of drug-likeness (QED) is 0.606. The molecule has 2 N–H and O–H groups in total. The van der Waals surface area contributed by atoms with Crippen molar-refractivity contribution in [3.63, 3.8) is 0 Å². The first kappa shape index (κ1) is 18.5. The minimum atomic E-state index is -0.486. The average molecular weight is 358 g/mol. The minimum absolute atomic E-state index is 0.0159. The number of anilines is 1. The van der Waals surface area contributed by atoms with Crippen LogP contribution in [0.15, 0.2) is 34.2 Å². The lowest BCUT2D eigenvalue weighted by Crippen LogP contribution is -2.24. The van der Waals surface area contributed by atoms with E-state index >= 15 is 0 Å². The van der Waals surface area contributed by atoms with Crippen molar-refractivity contribution < 1.29 is 9.53 Å². The summed E-state index contributed by atoms with van der Waals surface area (Å²) in [6.07, 6.45) is 0.465. The number of hydrogen-bond donors (Lipinski definition) is 2. The molecule has 0 radical (unpaired) electrons. The molecule has 0 aliphatic heterocycles. The van der Waals surface area contributed by atoms with Crippen molar-refractivity contribution in [2.45, 2.75) is 30.7 Å². The molecule has 0 unspecified atom stereocenters. The molecule has 0 saturated carbocycles. The maximum absolute atomic E-state index is 12.3. The van der Waals surface area contributed by atoms with E-state index < -0.39 is 10.8 Å². The summed E-state index contributed by atoms with van der Waals surface area (Å²) in [6, 6.07) is 8.84. The molecule has 0 aliphatic carbocycles. The van der Waals surface area contributed by atoms with Gasteiger partial charge in [-0.15, -0.1) is 0 Å². The first-order chi connectivity index (χ1) is 12.0. The standard InChI is InChI=1S/C17H18N4O3S/c1-4-14-13(9-18)16(23)21-17(20-14)25-10(2)15(22)19-11-5-7-12(24-3)8-6-11/h5-8,10H,4H2,1-3H3,(H,19,22)(H,20,21,23)/t10-/m1/s1. The lowest BCUT2D eigenvalue weighted by Gasteiger charge is -2.12. The average Bonchev–Trinajstić information content (AvgIpc) is 2.61. The highest BCUT2D eigenvalue weighted by molar-refractivity contribution is 8.00. The van der Waals surface area contributed by atoms with E-state index in [0.717, 1.165) is 11.8 Å². The normalized spacial score (nSPS) is 11.4. The Morgan fingerprint density at radius 1 is 1.44 bits per heavy atom. The first-order valence-electron chi connectivity index (χ1n) is 7.63. The Balaban J connectivity index is 2.09. The predicted molar refractivity (Wildman–Crippen MR) is 95.9 cm³/mol. The van der Waals surface area contributed by atoms with Crippen LogP contribution in [0.4, 0.5) is 5.69 Å². The zero-order valence-electron chi connectivity index (χ0n) is 14.1. The van der Waals surface area contributed by atoms with Crippen molar-refractivity contribution in [2.75, 3.05) is 12.4 Å². The first-order valence-corrected chi connectivity index (χ1v) is 8.51. The van der Waals surface area contributed by atoms with E-state index in [2.05, 4.69) is 15.3 Å². The molecule has 2 rings (SSSR count). The van der Waals surface area contributed by atoms with Crippen molar-refractivity contribution in [3.8, 4) is 11.8 Å². The Bertz CT molecular complexity index is 856. The summed E-state index contributed by atoms with van der Waals surface area (Å²) >= 11 is 1.13. The monoisotopic (exact) mass is 358 g/mol. The number of aromatic amines is 1. The van der Waals surface area contributed by atoms with E-state index in [1.165, 1.54) is 0 Å². The molecule has 0 aliphatic rings. The molecule has 8 heteroatoms. The topological polar surface area (TPSA) is 108 Å². The Hall–Kier alpha value is -2.79. The second-order valence-electron chi connectivity index (χ2n) is 5.14. The van der Waals surface area contributed by atoms with Crippen molar-refractivity contribution in [1.29, 1.82) is 5.26 Å². The van der Waals surface area contributed by atoms with Gasteiger partial charge in [-0.05, 0) is 37.6 Å². The van der Waals surface area contributed by atoms with Crippen LogP contribution in [0.5, 0.6) is 5.75 Å². The van der Waals surface area contributed by atoms with E-state index in [1.54, 1.807) is 38.3 Å². The number of H-pyrrole nitrogens is 1. The van der Waals surface area contributed by atoms with Gasteiger partial charge in [0.25, 0.3) is 5.56 Å². The summed E-state index contributed by atoms with van der Waals surface area (Å²) in [5, 5.41) is 11.6. The van der Waals surface area contributed by atoms with E-state index in [4.69, 9.17) is 10.00 Å². The summed E-state index contributed by atoms with van der Waals surface area (Å²) in [5.74, 6) is 0.479. The van der Waals surface area contributed by atoms with Gasteiger partial charge in [-0.2, -0.15) is 5.26 Å². The van der Waals surface area contributed by atoms with E-state index in [9.17, 15) is 9.59 Å². The Morgan fingerprint density at radius 2 is 2.12 bits per heavy atom. The third kappa shape index (κ3) is 4.61. The Labute approximate surface area is 149 Å². The van der Waals surface area contributed by atoms with Gasteiger partial charge in [0.15, 0.2) is 5.16 Å². The van der Waals surface area contributed by atoms with Crippen LogP contribution in [0.1, 0.15) is 25.1 Å². The maximum Gasteiger partial charge on any atom is 0.269 e. The number of nitriles is 1. The fraction of sp³-hybridized carbons (Fsp3) is 0.294. The van der Waals surface area contributed by atoms with Crippen LogP contribution >= 0.6 is 11.8 Å². The highest BCUT2D eigenvalue weighted by Crippen LogP contribution is 2.21. The van der Waals surface area contributed by atoms with Gasteiger partial charge in [0.05, 0.1) is 18.1 Å². The molecular formula is C17H18N4O3S. The number of rotatable bonds is 6. The molecule has 0 spiro atoms. The second kappa shape index (κ2) is 8.35. The molecule has 0 bridgehead atoms. The van der Waals surface area contributed by atoms with Crippen molar-refractivity contribution >= 4 is 23.4 Å². The fourth-order valence-electron chi connectivity index (χ4n) is 2.06. The smallest absolute Gasteiger partial charge is 0.269 e. The number of aryl methyl sites for hydroxylation is 1. The van der Waals surface area contributed by atoms with Gasteiger partial charge in [0, 0.05) is 5.69 Å². The van der Waals surface area contributed by atoms with Crippen LogP contribution in [-0.2, 0) is 11.2 Å². The van der Waals surface area contributed by atoms with Gasteiger partial charge < -0.3 is 15.0 Å². The van der Waals surface area contributed by atoms with E-state index in [-0.39, 0.29) is 11.5 Å². The zero-order valence-corrected chi connectivity index (χ0v) is 14.9. The Kier molecular flexibility index (Phi) is 6.19. The van der Waals surface area contributed by atoms with Gasteiger partial charge in [-0.1, -0.05) is 18.7 Å². The van der Waals surface area contributed by atoms with Gasteiger partial charge >= 0.3 is 0 Å². The van der Waals surface area contributed by atoms with Gasteiger partial charge in [-0.3, -0.25) is 9.59 Å². The number of nitrogens with zero attached hydrogens (tertiary/aromatic N) is 2. The number of nitrogens with one attached hydrogen (secondary N) is 2. The van der Waals surface area contributed by atoms with Crippen LogP contribution in [0.3, 0.4) is 0 Å². The fourth-order valence-corrected chi connectivity index (χ4v) is 2.88. The molecule has 25 heavy (non-hydrogen) atoms. The lowest BCUT2D eigenvalue weighted by atomic mass is 10.2. The van der Waals surface area contributed by atoms with E-state index in [0.29, 0.717) is 28.7 Å². The highest BCUT2D eigenvalue weighted by atomic mass is 32.2. The minimum Gasteiger partial charge on any atom is -0.497 e. The van der Waals surface area contributed by atoms with Gasteiger partial charge in [0.1, 0.15) is 17.4 Å². The number of methoxy groups -OCH3 is 1. The molecule has 1 amide bonds. The maximum atomic E-state index is 12.3. The van der Waals surface area contributed by atoms with Crippen LogP contribution in [0.25, 0.3) is 0 Å². The summed E-state index contributed by atoms with van der Waals surface area (Å²) in [6.45, 7) is 3.53. The number of thioether (sulfide) groups is 1. The molecule has 1 heterocycles. The molecule has 0 saturated heterocycles. The second-order valence-corrected chi connectivity index (χ2v) is 6.47. The molecule has 2 aromatic rings. The van der Waals surface area contributed by atoms with Crippen LogP contribution in [0, 0.1) is 11.3 Å². The summed E-state index contributed by atoms with van der Waals surface area (Å²) in [7, 11) is 1.57. The molecule has 1 aromatic carbocycles. The zero-order chi connectivity index (χ0) is 18.4. The van der Waals surface area contributed by atoms with Crippen molar-refractivity contribution in [2.24, 2.45) is 0 Å². The number of aromatic nitrogens is 2. The summed E-state index contributed by atoms with van der Waals surface area (Å²) in [4.78, 5) is 31.0. The van der Waals surface area contributed by atoms with Crippen molar-refractivity contribution in [1.82, 2.24) is 9.97 Å².